The summed E-state index contributed by atoms with van der Waals surface area (Å²) in [6, 6.07) is 5.24. The Morgan fingerprint density at radius 1 is 0.655 bits per heavy atom. The number of carboxylic acids is 4. The van der Waals surface area contributed by atoms with Crippen molar-refractivity contribution in [3.63, 3.8) is 0 Å². The minimum atomic E-state index is -3.15. The number of carboxylic acid groups (broad SMARTS) is 4. The summed E-state index contributed by atoms with van der Waals surface area (Å²) >= 11 is 0. The summed E-state index contributed by atoms with van der Waals surface area (Å²) in [5.41, 5.74) is -6.62. The van der Waals surface area contributed by atoms with Gasteiger partial charge in [0, 0.05) is 11.1 Å². The molecule has 0 aliphatic rings. The van der Waals surface area contributed by atoms with E-state index >= 15 is 0 Å². The monoisotopic (exact) mass is 400 g/mol. The second-order valence-electron chi connectivity index (χ2n) is 5.82. The summed E-state index contributed by atoms with van der Waals surface area (Å²) < 4.78 is 0. The fourth-order valence-corrected chi connectivity index (χ4v) is 2.98. The fourth-order valence-electron chi connectivity index (χ4n) is 2.98. The molecule has 0 saturated heterocycles. The predicted octanol–water partition coefficient (Wildman–Crippen LogP) is 1.16. The minimum Gasteiger partial charge on any atom is -0.480 e. The lowest BCUT2D eigenvalue weighted by molar-refractivity contribution is -0.155. The molecule has 0 unspecified atom stereocenters. The van der Waals surface area contributed by atoms with Gasteiger partial charge in [-0.2, -0.15) is 0 Å². The van der Waals surface area contributed by atoms with Crippen LogP contribution in [-0.4, -0.2) is 56.9 Å². The largest absolute Gasteiger partial charge is 0.480 e. The zero-order valence-corrected chi connectivity index (χ0v) is 14.4. The van der Waals surface area contributed by atoms with Crippen molar-refractivity contribution in [3.8, 4) is 0 Å². The van der Waals surface area contributed by atoms with Crippen molar-refractivity contribution >= 4 is 36.4 Å². The Labute approximate surface area is 161 Å². The molecule has 4 N–H and O–H groups in total. The molecule has 0 fully saturated rings. The predicted molar refractivity (Wildman–Crippen MR) is 93.6 cm³/mol. The minimum absolute atomic E-state index is 0.161. The van der Waals surface area contributed by atoms with Crippen LogP contribution in [-0.2, 0) is 15.0 Å². The van der Waals surface area contributed by atoms with Gasteiger partial charge in [-0.05, 0) is 23.3 Å². The van der Waals surface area contributed by atoms with Crippen molar-refractivity contribution in [2.24, 2.45) is 0 Å². The molecule has 2 aromatic carbocycles. The lowest BCUT2D eigenvalue weighted by Crippen LogP contribution is -2.47. The topological polar surface area (TPSA) is 183 Å². The molecule has 0 radical (unpaired) electrons. The van der Waals surface area contributed by atoms with Crippen LogP contribution in [0.25, 0.3) is 0 Å². The van der Waals surface area contributed by atoms with E-state index < -0.39 is 51.5 Å². The van der Waals surface area contributed by atoms with E-state index in [4.69, 9.17) is 0 Å². The first kappa shape index (κ1) is 21.0. The molecule has 10 nitrogen and oxygen atoms in total. The van der Waals surface area contributed by atoms with Gasteiger partial charge in [0.2, 0.25) is 5.41 Å². The van der Waals surface area contributed by atoms with E-state index in [1.807, 2.05) is 0 Å². The van der Waals surface area contributed by atoms with E-state index in [-0.39, 0.29) is 23.7 Å². The van der Waals surface area contributed by atoms with Crippen LogP contribution in [0.3, 0.4) is 0 Å². The zero-order chi connectivity index (χ0) is 21.9. The highest BCUT2D eigenvalue weighted by Crippen LogP contribution is 2.38. The second kappa shape index (κ2) is 7.72. The molecule has 0 spiro atoms. The molecule has 0 aliphatic carbocycles. The van der Waals surface area contributed by atoms with Crippen LogP contribution in [0.1, 0.15) is 52.6 Å². The Bertz CT molecular complexity index is 981. The maximum atomic E-state index is 12.2. The van der Waals surface area contributed by atoms with Crippen molar-refractivity contribution in [3.05, 3.63) is 69.8 Å². The molecular formula is C19H12O10. The third kappa shape index (κ3) is 3.34. The van der Waals surface area contributed by atoms with Gasteiger partial charge in [-0.25, -0.2) is 9.59 Å². The number of aromatic carboxylic acids is 2. The molecule has 10 heteroatoms. The van der Waals surface area contributed by atoms with E-state index in [1.54, 1.807) is 0 Å². The summed E-state index contributed by atoms with van der Waals surface area (Å²) in [4.78, 5) is 69.7. The second-order valence-corrected chi connectivity index (χ2v) is 5.82. The molecule has 0 saturated carbocycles. The van der Waals surface area contributed by atoms with Crippen LogP contribution in [0.2, 0.25) is 0 Å². The van der Waals surface area contributed by atoms with Crippen molar-refractivity contribution in [1.82, 2.24) is 0 Å². The van der Waals surface area contributed by atoms with Crippen molar-refractivity contribution in [2.45, 2.75) is 5.41 Å². The third-order valence-electron chi connectivity index (χ3n) is 4.27. The quantitative estimate of drug-likeness (QED) is 0.370. The number of carbonyl (C=O) groups is 6. The average molecular weight is 400 g/mol. The number of hydrogen-bond acceptors (Lipinski definition) is 6. The zero-order valence-electron chi connectivity index (χ0n) is 14.4. The van der Waals surface area contributed by atoms with Crippen molar-refractivity contribution < 1.29 is 49.2 Å². The number of aldehydes is 2. The number of carbonyl (C=O) groups excluding carboxylic acids is 2. The van der Waals surface area contributed by atoms with Crippen LogP contribution in [0.15, 0.2) is 36.4 Å². The van der Waals surface area contributed by atoms with Gasteiger partial charge in [0.15, 0.2) is 0 Å². The maximum Gasteiger partial charge on any atom is 0.336 e. The summed E-state index contributed by atoms with van der Waals surface area (Å²) in [6.07, 6.45) is 0.558. The molecule has 2 rings (SSSR count). The summed E-state index contributed by atoms with van der Waals surface area (Å²) in [5.74, 6) is -7.57. The fraction of sp³-hybridized carbons (Fsp3) is 0.0526. The van der Waals surface area contributed by atoms with Gasteiger partial charge >= 0.3 is 23.9 Å². The molecule has 0 atom stereocenters. The van der Waals surface area contributed by atoms with Crippen LogP contribution >= 0.6 is 0 Å². The molecule has 0 amide bonds. The number of benzene rings is 2. The van der Waals surface area contributed by atoms with Crippen molar-refractivity contribution in [2.75, 3.05) is 0 Å². The highest BCUT2D eigenvalue weighted by molar-refractivity contribution is 6.13. The Kier molecular flexibility index (Phi) is 5.58. The third-order valence-corrected chi connectivity index (χ3v) is 4.27. The van der Waals surface area contributed by atoms with E-state index in [9.17, 15) is 49.2 Å². The Balaban J connectivity index is 3.08. The first-order valence-corrected chi connectivity index (χ1v) is 7.74. The number of aliphatic carboxylic acids is 2. The van der Waals surface area contributed by atoms with Gasteiger partial charge in [0.05, 0.1) is 11.1 Å². The molecule has 0 bridgehead atoms. The Hall–Kier alpha value is -4.34. The molecule has 148 valence electrons. The van der Waals surface area contributed by atoms with Crippen molar-refractivity contribution in [1.29, 1.82) is 0 Å². The van der Waals surface area contributed by atoms with E-state index in [0.717, 1.165) is 36.4 Å². The van der Waals surface area contributed by atoms with E-state index in [1.165, 1.54) is 0 Å². The lowest BCUT2D eigenvalue weighted by Gasteiger charge is -2.28. The van der Waals surface area contributed by atoms with Gasteiger partial charge < -0.3 is 20.4 Å². The normalized spacial score (nSPS) is 10.8. The first-order chi connectivity index (χ1) is 13.6. The first-order valence-electron chi connectivity index (χ1n) is 7.74. The molecular weight excluding hydrogens is 388 g/mol. The molecule has 0 heterocycles. The van der Waals surface area contributed by atoms with Gasteiger partial charge in [-0.15, -0.1) is 0 Å². The maximum absolute atomic E-state index is 12.2. The Morgan fingerprint density at radius 2 is 1.00 bits per heavy atom. The van der Waals surface area contributed by atoms with Gasteiger partial charge in [0.1, 0.15) is 12.6 Å². The van der Waals surface area contributed by atoms with Crippen LogP contribution in [0, 0.1) is 0 Å². The van der Waals surface area contributed by atoms with Gasteiger partial charge in [-0.1, -0.05) is 24.3 Å². The SMILES string of the molecule is O=Cc1ccc(C(C(=O)O)(C(=O)O)c2ccc(C=O)cc2C(=O)O)c(C(=O)O)c1. The molecule has 2 aromatic rings. The Morgan fingerprint density at radius 3 is 1.24 bits per heavy atom. The van der Waals surface area contributed by atoms with E-state index in [2.05, 4.69) is 0 Å². The number of hydrogen-bond donors (Lipinski definition) is 4. The molecule has 29 heavy (non-hydrogen) atoms. The highest BCUT2D eigenvalue weighted by atomic mass is 16.4. The summed E-state index contributed by atoms with van der Waals surface area (Å²) in [6.45, 7) is 0. The van der Waals surface area contributed by atoms with E-state index in [0.29, 0.717) is 0 Å². The van der Waals surface area contributed by atoms with Crippen LogP contribution in [0.4, 0.5) is 0 Å². The number of rotatable bonds is 8. The van der Waals surface area contributed by atoms with Crippen LogP contribution in [0.5, 0.6) is 0 Å². The van der Waals surface area contributed by atoms with Crippen LogP contribution < -0.4 is 0 Å². The highest BCUT2D eigenvalue weighted by Gasteiger charge is 2.53. The molecule has 0 aliphatic heterocycles. The standard InChI is InChI=1S/C19H12O10/c20-7-9-1-3-13(11(5-9)15(22)23)19(17(26)27,18(28)29)14-4-2-10(8-21)6-12(14)16(24)25/h1-8H,(H,22,23)(H,24,25)(H,26,27)(H,28,29). The smallest absolute Gasteiger partial charge is 0.336 e. The van der Waals surface area contributed by atoms with Gasteiger partial charge in [0.25, 0.3) is 0 Å². The summed E-state index contributed by atoms with van der Waals surface area (Å²) in [5, 5.41) is 38.6. The lowest BCUT2D eigenvalue weighted by atomic mass is 9.70. The molecule has 0 aromatic heterocycles. The summed E-state index contributed by atoms with van der Waals surface area (Å²) in [7, 11) is 0. The average Bonchev–Trinajstić information content (AvgIpc) is 2.67. The van der Waals surface area contributed by atoms with Gasteiger partial charge in [-0.3, -0.25) is 19.2 Å².